The highest BCUT2D eigenvalue weighted by molar-refractivity contribution is 6.31. The van der Waals surface area contributed by atoms with Gasteiger partial charge in [-0.05, 0) is 55.8 Å². The minimum absolute atomic E-state index is 0.244. The van der Waals surface area contributed by atoms with E-state index in [1.807, 2.05) is 6.92 Å². The maximum absolute atomic E-state index is 12.1. The number of hydrogen-bond acceptors (Lipinski definition) is 2. The molecule has 0 aliphatic carbocycles. The van der Waals surface area contributed by atoms with Gasteiger partial charge in [0.2, 0.25) is 0 Å². The molecule has 0 aliphatic rings. The fourth-order valence-electron chi connectivity index (χ4n) is 1.80. The Morgan fingerprint density at radius 2 is 1.86 bits per heavy atom. The van der Waals surface area contributed by atoms with Crippen molar-refractivity contribution in [2.24, 2.45) is 0 Å². The summed E-state index contributed by atoms with van der Waals surface area (Å²) in [4.78, 5) is 12.1. The summed E-state index contributed by atoms with van der Waals surface area (Å²) in [5.41, 5.74) is 1.51. The lowest BCUT2D eigenvalue weighted by molar-refractivity contribution is -0.122. The average molecular weight is 324 g/mol. The van der Waals surface area contributed by atoms with Crippen LogP contribution < -0.4 is 10.1 Å². The Hall–Kier alpha value is -1.71. The quantitative estimate of drug-likeness (QED) is 0.885. The number of rotatable bonds is 4. The van der Waals surface area contributed by atoms with Crippen LogP contribution in [0.25, 0.3) is 0 Å². The predicted octanol–water partition coefficient (Wildman–Crippen LogP) is 4.71. The van der Waals surface area contributed by atoms with Gasteiger partial charge in [0.1, 0.15) is 5.75 Å². The Labute approximate surface area is 133 Å². The standard InChI is InChI=1S/C16H15Cl2NO2/c1-10-8-13(18)6-7-15(10)21-11(2)16(20)19-14-5-3-4-12(17)9-14/h3-9,11H,1-2H3,(H,19,20). The molecule has 0 saturated heterocycles. The van der Waals surface area contributed by atoms with Crippen LogP contribution in [0.1, 0.15) is 12.5 Å². The van der Waals surface area contributed by atoms with E-state index >= 15 is 0 Å². The second-order valence-electron chi connectivity index (χ2n) is 4.67. The lowest BCUT2D eigenvalue weighted by Gasteiger charge is -2.16. The maximum Gasteiger partial charge on any atom is 0.265 e. The molecule has 0 aliphatic heterocycles. The van der Waals surface area contributed by atoms with E-state index in [-0.39, 0.29) is 5.91 Å². The minimum Gasteiger partial charge on any atom is -0.481 e. The zero-order chi connectivity index (χ0) is 15.4. The Kier molecular flexibility index (Phi) is 5.10. The van der Waals surface area contributed by atoms with Crippen LogP contribution >= 0.6 is 23.2 Å². The van der Waals surface area contributed by atoms with Gasteiger partial charge in [0.05, 0.1) is 0 Å². The molecule has 0 heterocycles. The van der Waals surface area contributed by atoms with Crippen LogP contribution in [0, 0.1) is 6.92 Å². The number of benzene rings is 2. The molecule has 2 aromatic rings. The van der Waals surface area contributed by atoms with Crippen molar-refractivity contribution in [2.45, 2.75) is 20.0 Å². The van der Waals surface area contributed by atoms with E-state index in [2.05, 4.69) is 5.32 Å². The third-order valence-corrected chi connectivity index (χ3v) is 3.37. The molecular formula is C16H15Cl2NO2. The molecular weight excluding hydrogens is 309 g/mol. The van der Waals surface area contributed by atoms with Crippen molar-refractivity contribution in [2.75, 3.05) is 5.32 Å². The minimum atomic E-state index is -0.635. The highest BCUT2D eigenvalue weighted by Gasteiger charge is 2.16. The topological polar surface area (TPSA) is 38.3 Å². The molecule has 2 aromatic carbocycles. The molecule has 0 aromatic heterocycles. The van der Waals surface area contributed by atoms with E-state index in [1.165, 1.54) is 0 Å². The molecule has 1 unspecified atom stereocenters. The Morgan fingerprint density at radius 1 is 1.14 bits per heavy atom. The Bertz CT molecular complexity index is 658. The number of nitrogens with one attached hydrogen (secondary N) is 1. The summed E-state index contributed by atoms with van der Waals surface area (Å²) in [6.07, 6.45) is -0.635. The number of halogens is 2. The number of amides is 1. The molecule has 1 amide bonds. The van der Waals surface area contributed by atoms with Gasteiger partial charge in [0.15, 0.2) is 6.10 Å². The van der Waals surface area contributed by atoms with Gasteiger partial charge in [-0.15, -0.1) is 0 Å². The molecule has 1 N–H and O–H groups in total. The fraction of sp³-hybridized carbons (Fsp3) is 0.188. The molecule has 0 fully saturated rings. The second-order valence-corrected chi connectivity index (χ2v) is 5.54. The first-order valence-electron chi connectivity index (χ1n) is 6.45. The van der Waals surface area contributed by atoms with Crippen LogP contribution in [0.5, 0.6) is 5.75 Å². The number of anilines is 1. The lowest BCUT2D eigenvalue weighted by Crippen LogP contribution is -2.30. The smallest absolute Gasteiger partial charge is 0.265 e. The van der Waals surface area contributed by atoms with Gasteiger partial charge in [-0.3, -0.25) is 4.79 Å². The van der Waals surface area contributed by atoms with Crippen molar-refractivity contribution < 1.29 is 9.53 Å². The van der Waals surface area contributed by atoms with Crippen LogP contribution in [0.15, 0.2) is 42.5 Å². The number of carbonyl (C=O) groups is 1. The summed E-state index contributed by atoms with van der Waals surface area (Å²) in [7, 11) is 0. The van der Waals surface area contributed by atoms with Crippen LogP contribution in [0.4, 0.5) is 5.69 Å². The number of carbonyl (C=O) groups excluding carboxylic acids is 1. The fourth-order valence-corrected chi connectivity index (χ4v) is 2.22. The first kappa shape index (κ1) is 15.7. The molecule has 3 nitrogen and oxygen atoms in total. The normalized spacial score (nSPS) is 11.8. The highest BCUT2D eigenvalue weighted by atomic mass is 35.5. The predicted molar refractivity (Wildman–Crippen MR) is 86.4 cm³/mol. The van der Waals surface area contributed by atoms with E-state index in [0.29, 0.717) is 21.5 Å². The first-order valence-corrected chi connectivity index (χ1v) is 7.20. The second kappa shape index (κ2) is 6.83. The van der Waals surface area contributed by atoms with Crippen LogP contribution in [0.3, 0.4) is 0 Å². The summed E-state index contributed by atoms with van der Waals surface area (Å²) >= 11 is 11.8. The third kappa shape index (κ3) is 4.38. The number of ether oxygens (including phenoxy) is 1. The van der Waals surface area contributed by atoms with Crippen LogP contribution in [0.2, 0.25) is 10.0 Å². The Balaban J connectivity index is 2.02. The van der Waals surface area contributed by atoms with E-state index in [0.717, 1.165) is 5.56 Å². The van der Waals surface area contributed by atoms with Crippen molar-refractivity contribution >= 4 is 34.8 Å². The van der Waals surface area contributed by atoms with Crippen LogP contribution in [-0.4, -0.2) is 12.0 Å². The van der Waals surface area contributed by atoms with E-state index in [9.17, 15) is 4.79 Å². The van der Waals surface area contributed by atoms with E-state index in [4.69, 9.17) is 27.9 Å². The van der Waals surface area contributed by atoms with E-state index < -0.39 is 6.10 Å². The third-order valence-electron chi connectivity index (χ3n) is 2.90. The molecule has 0 bridgehead atoms. The van der Waals surface area contributed by atoms with Crippen molar-refractivity contribution in [3.8, 4) is 5.75 Å². The van der Waals surface area contributed by atoms with Crippen LogP contribution in [-0.2, 0) is 4.79 Å². The summed E-state index contributed by atoms with van der Waals surface area (Å²) in [5, 5.41) is 3.96. The molecule has 21 heavy (non-hydrogen) atoms. The van der Waals surface area contributed by atoms with E-state index in [1.54, 1.807) is 49.4 Å². The SMILES string of the molecule is Cc1cc(Cl)ccc1OC(C)C(=O)Nc1cccc(Cl)c1. The maximum atomic E-state index is 12.1. The molecule has 0 spiro atoms. The molecule has 5 heteroatoms. The van der Waals surface area contributed by atoms with Gasteiger partial charge < -0.3 is 10.1 Å². The zero-order valence-corrected chi connectivity index (χ0v) is 13.2. The average Bonchev–Trinajstić information content (AvgIpc) is 2.41. The summed E-state index contributed by atoms with van der Waals surface area (Å²) in [5.74, 6) is 0.389. The monoisotopic (exact) mass is 323 g/mol. The molecule has 1 atom stereocenters. The highest BCUT2D eigenvalue weighted by Crippen LogP contribution is 2.23. The van der Waals surface area contributed by atoms with Crippen molar-refractivity contribution in [3.63, 3.8) is 0 Å². The van der Waals surface area contributed by atoms with Gasteiger partial charge in [-0.25, -0.2) is 0 Å². The number of aryl methyl sites for hydroxylation is 1. The van der Waals surface area contributed by atoms with Gasteiger partial charge in [-0.1, -0.05) is 29.3 Å². The molecule has 110 valence electrons. The largest absolute Gasteiger partial charge is 0.481 e. The van der Waals surface area contributed by atoms with Crippen molar-refractivity contribution in [1.29, 1.82) is 0 Å². The molecule has 2 rings (SSSR count). The van der Waals surface area contributed by atoms with Crippen molar-refractivity contribution in [1.82, 2.24) is 0 Å². The van der Waals surface area contributed by atoms with Gasteiger partial charge >= 0.3 is 0 Å². The lowest BCUT2D eigenvalue weighted by atomic mass is 10.2. The zero-order valence-electron chi connectivity index (χ0n) is 11.7. The summed E-state index contributed by atoms with van der Waals surface area (Å²) < 4.78 is 5.66. The summed E-state index contributed by atoms with van der Waals surface area (Å²) in [6.45, 7) is 3.57. The van der Waals surface area contributed by atoms with Crippen molar-refractivity contribution in [3.05, 3.63) is 58.1 Å². The van der Waals surface area contributed by atoms with Gasteiger partial charge in [-0.2, -0.15) is 0 Å². The first-order chi connectivity index (χ1) is 9.95. The van der Waals surface area contributed by atoms with Gasteiger partial charge in [0, 0.05) is 15.7 Å². The molecule has 0 saturated carbocycles. The van der Waals surface area contributed by atoms with Gasteiger partial charge in [0.25, 0.3) is 5.91 Å². The number of hydrogen-bond donors (Lipinski definition) is 1. The molecule has 0 radical (unpaired) electrons. The Morgan fingerprint density at radius 3 is 2.52 bits per heavy atom. The summed E-state index contributed by atoms with van der Waals surface area (Å²) in [6, 6.07) is 12.2.